The van der Waals surface area contributed by atoms with E-state index >= 15 is 0 Å². The summed E-state index contributed by atoms with van der Waals surface area (Å²) in [4.78, 5) is 6.89. The van der Waals surface area contributed by atoms with Crippen molar-refractivity contribution in [2.45, 2.75) is 25.3 Å². The van der Waals surface area contributed by atoms with Gasteiger partial charge in [-0.25, -0.2) is 4.98 Å². The minimum atomic E-state index is 0.701. The Morgan fingerprint density at radius 3 is 2.87 bits per heavy atom. The Bertz CT molecular complexity index is 303. The van der Waals surface area contributed by atoms with Crippen molar-refractivity contribution in [2.24, 2.45) is 0 Å². The van der Waals surface area contributed by atoms with Gasteiger partial charge in [0.25, 0.3) is 0 Å². The summed E-state index contributed by atoms with van der Waals surface area (Å²) in [6.45, 7) is 3.25. The molecule has 0 radical (unpaired) electrons. The Hall–Kier alpha value is -0.450. The van der Waals surface area contributed by atoms with E-state index in [1.165, 1.54) is 23.5 Å². The molecule has 1 aromatic rings. The van der Waals surface area contributed by atoms with Crippen LogP contribution in [-0.2, 0) is 6.54 Å². The summed E-state index contributed by atoms with van der Waals surface area (Å²) < 4.78 is 0. The van der Waals surface area contributed by atoms with Crippen LogP contribution < -0.4 is 5.32 Å². The summed E-state index contributed by atoms with van der Waals surface area (Å²) in [5.74, 6) is 0.701. The zero-order valence-electron chi connectivity index (χ0n) is 9.49. The molecule has 84 valence electrons. The van der Waals surface area contributed by atoms with Gasteiger partial charge in [0, 0.05) is 17.8 Å². The summed E-state index contributed by atoms with van der Waals surface area (Å²) in [5, 5.41) is 6.94. The van der Waals surface area contributed by atoms with Crippen molar-refractivity contribution >= 4 is 11.3 Å². The average Bonchev–Trinajstić information content (AvgIpc) is 2.67. The lowest BCUT2D eigenvalue weighted by Gasteiger charge is -2.20. The molecular weight excluding hydrogens is 206 g/mol. The van der Waals surface area contributed by atoms with Crippen LogP contribution in [-0.4, -0.2) is 37.1 Å². The van der Waals surface area contributed by atoms with Gasteiger partial charge in [0.2, 0.25) is 0 Å². The van der Waals surface area contributed by atoms with Crippen LogP contribution in [0.4, 0.5) is 0 Å². The van der Waals surface area contributed by atoms with Gasteiger partial charge < -0.3 is 10.2 Å². The standard InChI is InChI=1S/C11H19N3S/c1-14(2)7-10-8-15-11(13-10)9-3-5-12-6-4-9/h8-9,12H,3-7H2,1-2H3. The first-order valence-electron chi connectivity index (χ1n) is 5.55. The topological polar surface area (TPSA) is 28.2 Å². The molecule has 1 fully saturated rings. The molecule has 15 heavy (non-hydrogen) atoms. The van der Waals surface area contributed by atoms with Gasteiger partial charge in [-0.05, 0) is 40.0 Å². The van der Waals surface area contributed by atoms with E-state index in [4.69, 9.17) is 4.98 Å². The lowest BCUT2D eigenvalue weighted by atomic mass is 9.99. The monoisotopic (exact) mass is 225 g/mol. The maximum absolute atomic E-state index is 4.72. The predicted octanol–water partition coefficient (Wildman–Crippen LogP) is 1.67. The van der Waals surface area contributed by atoms with Crippen LogP contribution in [0.25, 0.3) is 0 Å². The van der Waals surface area contributed by atoms with Crippen molar-refractivity contribution < 1.29 is 0 Å². The molecule has 0 spiro atoms. The Balaban J connectivity index is 1.99. The highest BCUT2D eigenvalue weighted by molar-refractivity contribution is 7.09. The van der Waals surface area contributed by atoms with E-state index < -0.39 is 0 Å². The second-order valence-corrected chi connectivity index (χ2v) is 5.33. The molecule has 4 heteroatoms. The number of nitrogens with one attached hydrogen (secondary N) is 1. The molecule has 2 rings (SSSR count). The predicted molar refractivity (Wildman–Crippen MR) is 64.3 cm³/mol. The van der Waals surface area contributed by atoms with Gasteiger partial charge in [-0.15, -0.1) is 11.3 Å². The maximum atomic E-state index is 4.72. The molecule has 1 aliphatic heterocycles. The highest BCUT2D eigenvalue weighted by Gasteiger charge is 2.18. The minimum Gasteiger partial charge on any atom is -0.317 e. The first kappa shape index (κ1) is 11.0. The number of hydrogen-bond acceptors (Lipinski definition) is 4. The SMILES string of the molecule is CN(C)Cc1csc(C2CCNCC2)n1. The number of rotatable bonds is 3. The van der Waals surface area contributed by atoms with Crippen LogP contribution in [0, 0.1) is 0 Å². The smallest absolute Gasteiger partial charge is 0.0960 e. The number of aromatic nitrogens is 1. The Morgan fingerprint density at radius 1 is 1.47 bits per heavy atom. The quantitative estimate of drug-likeness (QED) is 0.848. The first-order chi connectivity index (χ1) is 7.25. The minimum absolute atomic E-state index is 0.701. The van der Waals surface area contributed by atoms with Crippen LogP contribution in [0.2, 0.25) is 0 Å². The molecule has 0 unspecified atom stereocenters. The molecule has 0 atom stereocenters. The second-order valence-electron chi connectivity index (χ2n) is 4.44. The Morgan fingerprint density at radius 2 is 2.20 bits per heavy atom. The molecule has 1 aliphatic rings. The Kier molecular flexibility index (Phi) is 3.72. The van der Waals surface area contributed by atoms with Crippen molar-refractivity contribution in [1.82, 2.24) is 15.2 Å². The van der Waals surface area contributed by atoms with Crippen LogP contribution in [0.3, 0.4) is 0 Å². The van der Waals surface area contributed by atoms with Gasteiger partial charge in [-0.3, -0.25) is 0 Å². The maximum Gasteiger partial charge on any atom is 0.0960 e. The van der Waals surface area contributed by atoms with Crippen molar-refractivity contribution in [1.29, 1.82) is 0 Å². The zero-order chi connectivity index (χ0) is 10.7. The van der Waals surface area contributed by atoms with Gasteiger partial charge in [0.15, 0.2) is 0 Å². The number of nitrogens with zero attached hydrogens (tertiary/aromatic N) is 2. The normalized spacial score (nSPS) is 18.6. The van der Waals surface area contributed by atoms with Crippen LogP contribution in [0.1, 0.15) is 29.5 Å². The summed E-state index contributed by atoms with van der Waals surface area (Å²) in [6, 6.07) is 0. The Labute approximate surface area is 95.5 Å². The second kappa shape index (κ2) is 5.05. The number of piperidine rings is 1. The van der Waals surface area contributed by atoms with Crippen molar-refractivity contribution in [3.05, 3.63) is 16.1 Å². The van der Waals surface area contributed by atoms with Crippen LogP contribution >= 0.6 is 11.3 Å². The lowest BCUT2D eigenvalue weighted by Crippen LogP contribution is -2.26. The van der Waals surface area contributed by atoms with E-state index in [0.29, 0.717) is 5.92 Å². The third-order valence-corrected chi connectivity index (χ3v) is 3.79. The molecule has 0 saturated carbocycles. The first-order valence-corrected chi connectivity index (χ1v) is 6.43. The highest BCUT2D eigenvalue weighted by Crippen LogP contribution is 2.27. The van der Waals surface area contributed by atoms with Crippen molar-refractivity contribution in [2.75, 3.05) is 27.2 Å². The third-order valence-electron chi connectivity index (χ3n) is 2.74. The van der Waals surface area contributed by atoms with E-state index in [1.807, 2.05) is 11.3 Å². The molecule has 1 aromatic heterocycles. The van der Waals surface area contributed by atoms with E-state index in [2.05, 4.69) is 29.7 Å². The van der Waals surface area contributed by atoms with Crippen LogP contribution in [0.5, 0.6) is 0 Å². The third kappa shape index (κ3) is 3.00. The van der Waals surface area contributed by atoms with E-state index in [-0.39, 0.29) is 0 Å². The summed E-state index contributed by atoms with van der Waals surface area (Å²) in [6.07, 6.45) is 2.49. The van der Waals surface area contributed by atoms with Gasteiger partial charge in [-0.1, -0.05) is 0 Å². The van der Waals surface area contributed by atoms with Crippen molar-refractivity contribution in [3.8, 4) is 0 Å². The zero-order valence-corrected chi connectivity index (χ0v) is 10.3. The fraction of sp³-hybridized carbons (Fsp3) is 0.727. The number of thiazole rings is 1. The van der Waals surface area contributed by atoms with Gasteiger partial charge in [-0.2, -0.15) is 0 Å². The summed E-state index contributed by atoms with van der Waals surface area (Å²) in [5.41, 5.74) is 1.22. The van der Waals surface area contributed by atoms with Crippen LogP contribution in [0.15, 0.2) is 5.38 Å². The molecule has 2 heterocycles. The fourth-order valence-corrected chi connectivity index (χ4v) is 2.96. The lowest BCUT2D eigenvalue weighted by molar-refractivity contribution is 0.396. The highest BCUT2D eigenvalue weighted by atomic mass is 32.1. The molecular formula is C11H19N3S. The van der Waals surface area contributed by atoms with E-state index in [9.17, 15) is 0 Å². The van der Waals surface area contributed by atoms with Gasteiger partial charge in [0.05, 0.1) is 10.7 Å². The van der Waals surface area contributed by atoms with E-state index in [0.717, 1.165) is 19.6 Å². The summed E-state index contributed by atoms with van der Waals surface area (Å²) in [7, 11) is 4.17. The molecule has 0 aliphatic carbocycles. The molecule has 0 bridgehead atoms. The average molecular weight is 225 g/mol. The van der Waals surface area contributed by atoms with Crippen molar-refractivity contribution in [3.63, 3.8) is 0 Å². The van der Waals surface area contributed by atoms with E-state index in [1.54, 1.807) is 0 Å². The number of hydrogen-bond donors (Lipinski definition) is 1. The molecule has 1 saturated heterocycles. The van der Waals surface area contributed by atoms with Gasteiger partial charge >= 0.3 is 0 Å². The summed E-state index contributed by atoms with van der Waals surface area (Å²) >= 11 is 1.83. The molecule has 0 amide bonds. The molecule has 0 aromatic carbocycles. The fourth-order valence-electron chi connectivity index (χ4n) is 1.98. The molecule has 3 nitrogen and oxygen atoms in total. The largest absolute Gasteiger partial charge is 0.317 e. The van der Waals surface area contributed by atoms with Gasteiger partial charge in [0.1, 0.15) is 0 Å². The molecule has 1 N–H and O–H groups in total.